The number of aromatic nitrogens is 6. The first-order valence-corrected chi connectivity index (χ1v) is 9.97. The second kappa shape index (κ2) is 7.20. The van der Waals surface area contributed by atoms with Crippen LogP contribution in [0.25, 0.3) is 22.0 Å². The summed E-state index contributed by atoms with van der Waals surface area (Å²) >= 11 is 12.9. The SMILES string of the molecule is O=C(CCn1cncn1)N1CCn2c(c(-c3cn[nH]c3)c3ccc(Cl)c(Cl)c32)C1. The van der Waals surface area contributed by atoms with Crippen molar-refractivity contribution in [2.45, 2.75) is 26.1 Å². The highest BCUT2D eigenvalue weighted by molar-refractivity contribution is 6.45. The summed E-state index contributed by atoms with van der Waals surface area (Å²) in [5.74, 6) is 0.0827. The summed E-state index contributed by atoms with van der Waals surface area (Å²) in [6, 6.07) is 3.79. The highest BCUT2D eigenvalue weighted by Crippen LogP contribution is 2.42. The number of aryl methyl sites for hydroxylation is 1. The van der Waals surface area contributed by atoms with Gasteiger partial charge >= 0.3 is 0 Å². The third-order valence-electron chi connectivity index (χ3n) is 5.32. The maximum atomic E-state index is 12.8. The molecule has 0 bridgehead atoms. The highest BCUT2D eigenvalue weighted by Gasteiger charge is 2.28. The van der Waals surface area contributed by atoms with E-state index in [-0.39, 0.29) is 5.91 Å². The molecule has 1 aliphatic heterocycles. The number of nitrogens with one attached hydrogen (secondary N) is 1. The molecule has 0 saturated carbocycles. The van der Waals surface area contributed by atoms with E-state index in [4.69, 9.17) is 23.2 Å². The molecule has 148 valence electrons. The minimum atomic E-state index is 0.0827. The first-order valence-electron chi connectivity index (χ1n) is 9.22. The van der Waals surface area contributed by atoms with Crippen LogP contribution in [0.5, 0.6) is 0 Å². The van der Waals surface area contributed by atoms with E-state index >= 15 is 0 Å². The Bertz CT molecular complexity index is 1180. The molecule has 0 saturated heterocycles. The van der Waals surface area contributed by atoms with Crippen molar-refractivity contribution in [3.63, 3.8) is 0 Å². The number of halogens is 2. The van der Waals surface area contributed by atoms with Crippen LogP contribution in [0.15, 0.2) is 37.2 Å². The molecule has 29 heavy (non-hydrogen) atoms. The third kappa shape index (κ3) is 3.08. The number of hydrogen-bond donors (Lipinski definition) is 1. The molecule has 0 fully saturated rings. The minimum absolute atomic E-state index is 0.0827. The molecule has 4 heterocycles. The molecule has 1 amide bonds. The van der Waals surface area contributed by atoms with Gasteiger partial charge in [-0.15, -0.1) is 0 Å². The van der Waals surface area contributed by atoms with Crippen molar-refractivity contribution in [1.82, 2.24) is 34.4 Å². The second-order valence-electron chi connectivity index (χ2n) is 6.94. The van der Waals surface area contributed by atoms with Crippen LogP contribution in [0.2, 0.25) is 10.0 Å². The predicted molar refractivity (Wildman–Crippen MR) is 110 cm³/mol. The summed E-state index contributed by atoms with van der Waals surface area (Å²) in [5, 5.41) is 13.1. The normalized spacial score (nSPS) is 13.8. The zero-order valence-corrected chi connectivity index (χ0v) is 16.9. The van der Waals surface area contributed by atoms with Gasteiger partial charge in [0, 0.05) is 47.9 Å². The summed E-state index contributed by atoms with van der Waals surface area (Å²) < 4.78 is 3.84. The van der Waals surface area contributed by atoms with E-state index in [9.17, 15) is 4.79 Å². The Kier molecular flexibility index (Phi) is 4.52. The van der Waals surface area contributed by atoms with Crippen LogP contribution < -0.4 is 0 Å². The molecule has 1 aliphatic rings. The van der Waals surface area contributed by atoms with E-state index in [0.717, 1.165) is 27.7 Å². The average Bonchev–Trinajstić information content (AvgIpc) is 3.48. The fourth-order valence-corrected chi connectivity index (χ4v) is 4.38. The van der Waals surface area contributed by atoms with Crippen molar-refractivity contribution >= 4 is 40.0 Å². The van der Waals surface area contributed by atoms with E-state index in [1.54, 1.807) is 17.2 Å². The Hall–Kier alpha value is -2.84. The predicted octanol–water partition coefficient (Wildman–Crippen LogP) is 3.36. The standard InChI is InChI=1S/C19H17Cl2N7O/c20-14-2-1-13-17(12-7-23-24-8-12)15-9-26(5-6-28(15)19(13)18(14)21)16(29)3-4-27-11-22-10-25-27/h1-2,7-8,10-11H,3-6,9H2,(H,23,24). The largest absolute Gasteiger partial charge is 0.339 e. The van der Waals surface area contributed by atoms with Gasteiger partial charge in [0.05, 0.1) is 34.8 Å². The Morgan fingerprint density at radius 2 is 2.14 bits per heavy atom. The Morgan fingerprint density at radius 1 is 1.24 bits per heavy atom. The van der Waals surface area contributed by atoms with Gasteiger partial charge in [0.1, 0.15) is 12.7 Å². The molecule has 5 rings (SSSR count). The number of amides is 1. The molecule has 10 heteroatoms. The number of H-pyrrole nitrogens is 1. The molecule has 0 spiro atoms. The number of carbonyl (C=O) groups excluding carboxylic acids is 1. The van der Waals surface area contributed by atoms with E-state index in [1.165, 1.54) is 6.33 Å². The van der Waals surface area contributed by atoms with Gasteiger partial charge in [0.25, 0.3) is 0 Å². The zero-order chi connectivity index (χ0) is 20.0. The van der Waals surface area contributed by atoms with Crippen molar-refractivity contribution in [1.29, 1.82) is 0 Å². The van der Waals surface area contributed by atoms with Gasteiger partial charge in [-0.05, 0) is 6.07 Å². The first-order chi connectivity index (χ1) is 14.1. The van der Waals surface area contributed by atoms with Gasteiger partial charge in [-0.25, -0.2) is 4.98 Å². The van der Waals surface area contributed by atoms with Crippen molar-refractivity contribution in [3.05, 3.63) is 52.9 Å². The van der Waals surface area contributed by atoms with Gasteiger partial charge in [-0.2, -0.15) is 10.2 Å². The maximum Gasteiger partial charge on any atom is 0.224 e. The van der Waals surface area contributed by atoms with Crippen molar-refractivity contribution in [2.75, 3.05) is 6.54 Å². The third-order valence-corrected chi connectivity index (χ3v) is 6.11. The minimum Gasteiger partial charge on any atom is -0.339 e. The number of fused-ring (bicyclic) bond motifs is 3. The van der Waals surface area contributed by atoms with Crippen LogP contribution >= 0.6 is 23.2 Å². The Labute approximate surface area is 176 Å². The first kappa shape index (κ1) is 18.2. The highest BCUT2D eigenvalue weighted by atomic mass is 35.5. The number of carbonyl (C=O) groups is 1. The van der Waals surface area contributed by atoms with Gasteiger partial charge < -0.3 is 9.47 Å². The second-order valence-corrected chi connectivity index (χ2v) is 7.73. The lowest BCUT2D eigenvalue weighted by Gasteiger charge is -2.30. The van der Waals surface area contributed by atoms with E-state index in [1.807, 2.05) is 23.2 Å². The lowest BCUT2D eigenvalue weighted by Crippen LogP contribution is -2.38. The van der Waals surface area contributed by atoms with Crippen molar-refractivity contribution < 1.29 is 4.79 Å². The quantitative estimate of drug-likeness (QED) is 0.538. The van der Waals surface area contributed by atoms with Crippen LogP contribution in [0.4, 0.5) is 0 Å². The fraction of sp³-hybridized carbons (Fsp3) is 0.263. The molecule has 8 nitrogen and oxygen atoms in total. The number of aromatic amines is 1. The topological polar surface area (TPSA) is 84.6 Å². The summed E-state index contributed by atoms with van der Waals surface area (Å²) in [6.07, 6.45) is 7.09. The Morgan fingerprint density at radius 3 is 2.90 bits per heavy atom. The van der Waals surface area contributed by atoms with Crippen molar-refractivity contribution in [2.24, 2.45) is 0 Å². The number of nitrogens with zero attached hydrogens (tertiary/aromatic N) is 6. The average molecular weight is 430 g/mol. The lowest BCUT2D eigenvalue weighted by atomic mass is 10.0. The molecule has 1 aromatic carbocycles. The molecule has 3 aromatic heterocycles. The van der Waals surface area contributed by atoms with E-state index in [0.29, 0.717) is 42.6 Å². The molecule has 0 aliphatic carbocycles. The Balaban J connectivity index is 1.52. The molecule has 4 aromatic rings. The monoisotopic (exact) mass is 429 g/mol. The van der Waals surface area contributed by atoms with Crippen molar-refractivity contribution in [3.8, 4) is 11.1 Å². The molecular weight excluding hydrogens is 413 g/mol. The molecule has 1 N–H and O–H groups in total. The molecule has 0 atom stereocenters. The summed E-state index contributed by atoms with van der Waals surface area (Å²) in [4.78, 5) is 18.6. The van der Waals surface area contributed by atoms with Gasteiger partial charge in [0.15, 0.2) is 0 Å². The van der Waals surface area contributed by atoms with Crippen LogP contribution in [0, 0.1) is 0 Å². The number of rotatable bonds is 4. The fourth-order valence-electron chi connectivity index (χ4n) is 3.96. The molecule has 0 radical (unpaired) electrons. The van der Waals surface area contributed by atoms with E-state index < -0.39 is 0 Å². The van der Waals surface area contributed by atoms with Gasteiger partial charge in [0.2, 0.25) is 5.91 Å². The van der Waals surface area contributed by atoms with Crippen LogP contribution in [0.1, 0.15) is 12.1 Å². The summed E-state index contributed by atoms with van der Waals surface area (Å²) in [5.41, 5.74) is 3.92. The van der Waals surface area contributed by atoms with E-state index in [2.05, 4.69) is 24.8 Å². The maximum absolute atomic E-state index is 12.8. The number of benzene rings is 1. The van der Waals surface area contributed by atoms with Crippen LogP contribution in [-0.4, -0.2) is 46.9 Å². The van der Waals surface area contributed by atoms with Crippen LogP contribution in [-0.2, 0) is 24.4 Å². The lowest BCUT2D eigenvalue weighted by molar-refractivity contribution is -0.132. The molecule has 0 unspecified atom stereocenters. The molecular formula is C19H17Cl2N7O. The number of hydrogen-bond acceptors (Lipinski definition) is 4. The smallest absolute Gasteiger partial charge is 0.224 e. The van der Waals surface area contributed by atoms with Gasteiger partial charge in [-0.3, -0.25) is 14.6 Å². The zero-order valence-electron chi connectivity index (χ0n) is 15.3. The van der Waals surface area contributed by atoms with Gasteiger partial charge in [-0.1, -0.05) is 29.3 Å². The van der Waals surface area contributed by atoms with Crippen LogP contribution in [0.3, 0.4) is 0 Å². The summed E-state index contributed by atoms with van der Waals surface area (Å²) in [7, 11) is 0. The summed E-state index contributed by atoms with van der Waals surface area (Å²) in [6.45, 7) is 2.27.